The highest BCUT2D eigenvalue weighted by molar-refractivity contribution is 6.21. The number of hydrogen-bond donors (Lipinski definition) is 0. The third kappa shape index (κ3) is 5.09. The third-order valence-corrected chi connectivity index (χ3v) is 11.7. The van der Waals surface area contributed by atoms with E-state index in [2.05, 4.69) is 215 Å². The zero-order chi connectivity index (χ0) is 38.2. The standard InChI is InChI=1S/C54H34N4/c1-3-15-35(16-4-1)37-20-13-22-39(29-37)47-34-48(40-23-14-21-38(30-40)36-17-5-2-6-18-36)56-54(55-47)58-50-28-12-10-26-44(50)46-33-52-45(32-53(46)58)42-24-8-9-25-43(42)51-31-41-19-7-11-27-49(41)57(51)52/h1-34H. The van der Waals surface area contributed by atoms with Crippen LogP contribution in [0.2, 0.25) is 0 Å². The molecular weight excluding hydrogens is 705 g/mol. The summed E-state index contributed by atoms with van der Waals surface area (Å²) in [4.78, 5) is 10.9. The van der Waals surface area contributed by atoms with Crippen LogP contribution in [-0.4, -0.2) is 18.9 Å². The van der Waals surface area contributed by atoms with Crippen molar-refractivity contribution in [2.24, 2.45) is 0 Å². The highest BCUT2D eigenvalue weighted by Crippen LogP contribution is 2.40. The monoisotopic (exact) mass is 738 g/mol. The SMILES string of the molecule is c1ccc(-c2cccc(-c3cc(-c4cccc(-c5ccccc5)c4)nc(-n4c5ccccc5c5cc6c(cc54)c4ccccc4c4cc5ccccc5n46)n3)c2)cc1. The summed E-state index contributed by atoms with van der Waals surface area (Å²) in [5.74, 6) is 0.630. The first-order valence-electron chi connectivity index (χ1n) is 19.7. The van der Waals surface area contributed by atoms with Crippen LogP contribution in [0.25, 0.3) is 111 Å². The van der Waals surface area contributed by atoms with Crippen molar-refractivity contribution < 1.29 is 0 Å². The molecule has 12 aromatic rings. The van der Waals surface area contributed by atoms with Gasteiger partial charge in [0.1, 0.15) is 0 Å². The van der Waals surface area contributed by atoms with Crippen molar-refractivity contribution in [2.45, 2.75) is 0 Å². The first kappa shape index (κ1) is 32.4. The van der Waals surface area contributed by atoms with E-state index in [0.29, 0.717) is 5.95 Å². The van der Waals surface area contributed by atoms with Crippen LogP contribution in [0.4, 0.5) is 0 Å². The van der Waals surface area contributed by atoms with Crippen molar-refractivity contribution in [3.8, 4) is 50.7 Å². The summed E-state index contributed by atoms with van der Waals surface area (Å²) in [5.41, 5.74) is 14.1. The topological polar surface area (TPSA) is 35.1 Å². The summed E-state index contributed by atoms with van der Waals surface area (Å²) in [7, 11) is 0. The molecule has 4 heterocycles. The molecule has 0 radical (unpaired) electrons. The number of pyridine rings is 1. The molecule has 0 amide bonds. The Bertz CT molecular complexity index is 3460. The molecule has 0 aliphatic heterocycles. The molecule has 0 atom stereocenters. The van der Waals surface area contributed by atoms with Crippen LogP contribution >= 0.6 is 0 Å². The summed E-state index contributed by atoms with van der Waals surface area (Å²) in [6.07, 6.45) is 0. The van der Waals surface area contributed by atoms with Crippen LogP contribution in [0.5, 0.6) is 0 Å². The van der Waals surface area contributed by atoms with Crippen LogP contribution in [-0.2, 0) is 0 Å². The molecule has 0 saturated carbocycles. The molecule has 0 aliphatic carbocycles. The molecule has 8 aromatic carbocycles. The highest BCUT2D eigenvalue weighted by Gasteiger charge is 2.20. The number of hydrogen-bond acceptors (Lipinski definition) is 2. The Labute approximate surface area is 334 Å². The molecule has 4 heteroatoms. The normalized spacial score (nSPS) is 11.8. The van der Waals surface area contributed by atoms with Gasteiger partial charge in [0.15, 0.2) is 0 Å². The molecule has 4 nitrogen and oxygen atoms in total. The fourth-order valence-corrected chi connectivity index (χ4v) is 8.98. The Hall–Kier alpha value is -7.82. The van der Waals surface area contributed by atoms with Crippen LogP contribution in [0, 0.1) is 0 Å². The van der Waals surface area contributed by atoms with Gasteiger partial charge in [-0.15, -0.1) is 0 Å². The number of fused-ring (bicyclic) bond motifs is 11. The molecule has 0 unspecified atom stereocenters. The lowest BCUT2D eigenvalue weighted by atomic mass is 9.99. The maximum absolute atomic E-state index is 5.46. The summed E-state index contributed by atoms with van der Waals surface area (Å²) in [6.45, 7) is 0. The van der Waals surface area contributed by atoms with Gasteiger partial charge in [-0.1, -0.05) is 158 Å². The van der Waals surface area contributed by atoms with Gasteiger partial charge < -0.3 is 4.40 Å². The van der Waals surface area contributed by atoms with Crippen LogP contribution in [0.1, 0.15) is 0 Å². The number of benzene rings is 8. The minimum atomic E-state index is 0.630. The molecule has 4 aromatic heterocycles. The average molecular weight is 739 g/mol. The van der Waals surface area contributed by atoms with Gasteiger partial charge in [-0.05, 0) is 76.2 Å². The summed E-state index contributed by atoms with van der Waals surface area (Å²) >= 11 is 0. The molecule has 0 spiro atoms. The number of para-hydroxylation sites is 2. The number of aromatic nitrogens is 4. The second-order valence-electron chi connectivity index (χ2n) is 15.0. The lowest BCUT2D eigenvalue weighted by molar-refractivity contribution is 0.996. The van der Waals surface area contributed by atoms with Gasteiger partial charge in [0.25, 0.3) is 0 Å². The van der Waals surface area contributed by atoms with E-state index in [1.54, 1.807) is 0 Å². The third-order valence-electron chi connectivity index (χ3n) is 11.7. The van der Waals surface area contributed by atoms with Crippen molar-refractivity contribution in [1.29, 1.82) is 0 Å². The Morgan fingerprint density at radius 3 is 1.40 bits per heavy atom. The fourth-order valence-electron chi connectivity index (χ4n) is 8.98. The highest BCUT2D eigenvalue weighted by atomic mass is 15.2. The van der Waals surface area contributed by atoms with E-state index in [1.807, 2.05) is 0 Å². The van der Waals surface area contributed by atoms with E-state index in [9.17, 15) is 0 Å². The zero-order valence-corrected chi connectivity index (χ0v) is 31.4. The molecule has 0 N–H and O–H groups in total. The quantitative estimate of drug-likeness (QED) is 0.165. The van der Waals surface area contributed by atoms with Crippen molar-refractivity contribution >= 4 is 59.9 Å². The second kappa shape index (κ2) is 12.9. The van der Waals surface area contributed by atoms with Gasteiger partial charge in [0, 0.05) is 38.1 Å². The van der Waals surface area contributed by atoms with Gasteiger partial charge in [-0.25, -0.2) is 9.97 Å². The van der Waals surface area contributed by atoms with Crippen molar-refractivity contribution in [3.63, 3.8) is 0 Å². The van der Waals surface area contributed by atoms with E-state index in [1.165, 1.54) is 49.2 Å². The zero-order valence-electron chi connectivity index (χ0n) is 31.4. The van der Waals surface area contributed by atoms with Crippen molar-refractivity contribution in [3.05, 3.63) is 206 Å². The minimum absolute atomic E-state index is 0.630. The lowest BCUT2D eigenvalue weighted by Gasteiger charge is -2.14. The number of rotatable bonds is 5. The molecule has 0 bridgehead atoms. The molecule has 12 rings (SSSR count). The molecule has 58 heavy (non-hydrogen) atoms. The molecule has 0 aliphatic rings. The lowest BCUT2D eigenvalue weighted by Crippen LogP contribution is -2.04. The molecular formula is C54H34N4. The predicted molar refractivity (Wildman–Crippen MR) is 242 cm³/mol. The molecule has 270 valence electrons. The predicted octanol–water partition coefficient (Wildman–Crippen LogP) is 14.0. The maximum Gasteiger partial charge on any atom is 0.235 e. The van der Waals surface area contributed by atoms with Gasteiger partial charge in [-0.2, -0.15) is 0 Å². The Kier molecular flexibility index (Phi) is 7.20. The van der Waals surface area contributed by atoms with Crippen LogP contribution in [0.15, 0.2) is 206 Å². The smallest absolute Gasteiger partial charge is 0.235 e. The second-order valence-corrected chi connectivity index (χ2v) is 15.0. The minimum Gasteiger partial charge on any atom is -0.309 e. The van der Waals surface area contributed by atoms with E-state index in [4.69, 9.17) is 9.97 Å². The largest absolute Gasteiger partial charge is 0.309 e. The van der Waals surface area contributed by atoms with E-state index >= 15 is 0 Å². The van der Waals surface area contributed by atoms with Gasteiger partial charge in [-0.3, -0.25) is 4.57 Å². The van der Waals surface area contributed by atoms with Crippen LogP contribution < -0.4 is 0 Å². The molecule has 0 saturated heterocycles. The van der Waals surface area contributed by atoms with E-state index in [-0.39, 0.29) is 0 Å². The fraction of sp³-hybridized carbons (Fsp3) is 0. The average Bonchev–Trinajstić information content (AvgIpc) is 3.85. The first-order valence-corrected chi connectivity index (χ1v) is 19.7. The Morgan fingerprint density at radius 2 is 0.741 bits per heavy atom. The van der Waals surface area contributed by atoms with Gasteiger partial charge in [0.2, 0.25) is 5.95 Å². The maximum atomic E-state index is 5.46. The summed E-state index contributed by atoms with van der Waals surface area (Å²) in [6, 6.07) is 73.8. The summed E-state index contributed by atoms with van der Waals surface area (Å²) in [5, 5.41) is 7.18. The van der Waals surface area contributed by atoms with Gasteiger partial charge >= 0.3 is 0 Å². The van der Waals surface area contributed by atoms with Crippen LogP contribution in [0.3, 0.4) is 0 Å². The first-order chi connectivity index (χ1) is 28.7. The van der Waals surface area contributed by atoms with Gasteiger partial charge in [0.05, 0.1) is 39.0 Å². The summed E-state index contributed by atoms with van der Waals surface area (Å²) < 4.78 is 4.71. The van der Waals surface area contributed by atoms with Crippen molar-refractivity contribution in [1.82, 2.24) is 18.9 Å². The Morgan fingerprint density at radius 1 is 0.276 bits per heavy atom. The van der Waals surface area contributed by atoms with E-state index in [0.717, 1.165) is 55.4 Å². The molecule has 0 fully saturated rings. The van der Waals surface area contributed by atoms with E-state index < -0.39 is 0 Å². The van der Waals surface area contributed by atoms with Crippen molar-refractivity contribution in [2.75, 3.05) is 0 Å². The number of nitrogens with zero attached hydrogens (tertiary/aromatic N) is 4. The Balaban J connectivity index is 1.16.